The molecule has 0 aliphatic carbocycles. The third-order valence-corrected chi connectivity index (χ3v) is 1.44. The van der Waals surface area contributed by atoms with Gasteiger partial charge in [0.1, 0.15) is 0 Å². The summed E-state index contributed by atoms with van der Waals surface area (Å²) in [6, 6.07) is 0. The van der Waals surface area contributed by atoms with E-state index in [1.54, 1.807) is 6.21 Å². The summed E-state index contributed by atoms with van der Waals surface area (Å²) in [6.45, 7) is 0. The molecule has 0 radical (unpaired) electrons. The second-order valence-electron chi connectivity index (χ2n) is 1.22. The molecule has 0 unspecified atom stereocenters. The van der Waals surface area contributed by atoms with Gasteiger partial charge < -0.3 is 0 Å². The summed E-state index contributed by atoms with van der Waals surface area (Å²) in [5, 5.41) is 9.65. The largest absolute Gasteiger partial charge is 0.255 e. The zero-order valence-corrected chi connectivity index (χ0v) is 5.26. The quantitative estimate of drug-likeness (QED) is 0.426. The minimum atomic E-state index is 0.451. The molecule has 0 atom stereocenters. The minimum Gasteiger partial charge on any atom is -0.255 e. The lowest BCUT2D eigenvalue weighted by molar-refractivity contribution is 1.02. The second kappa shape index (κ2) is 3.18. The van der Waals surface area contributed by atoms with Crippen LogP contribution in [0, 0.1) is 4.91 Å². The Balaban J connectivity index is 2.52. The predicted octanol–water partition coefficient (Wildman–Crippen LogP) is 0.346. The van der Waals surface area contributed by atoms with Crippen molar-refractivity contribution in [2.45, 2.75) is 0 Å². The van der Waals surface area contributed by atoms with Crippen LogP contribution in [0.1, 0.15) is 0 Å². The van der Waals surface area contributed by atoms with Gasteiger partial charge in [-0.05, 0) is 0 Å². The Morgan fingerprint density at radius 3 is 3.33 bits per heavy atom. The molecule has 1 rings (SSSR count). The zero-order valence-electron chi connectivity index (χ0n) is 4.44. The van der Waals surface area contributed by atoms with Crippen LogP contribution >= 0.6 is 11.8 Å². The Hall–Kier alpha value is -0.910. The molecule has 0 aromatic carbocycles. The molecule has 0 aromatic heterocycles. The van der Waals surface area contributed by atoms with Crippen LogP contribution < -0.4 is 5.43 Å². The van der Waals surface area contributed by atoms with E-state index in [0.717, 1.165) is 5.75 Å². The first-order valence-electron chi connectivity index (χ1n) is 2.24. The molecule has 6 heteroatoms. The zero-order chi connectivity index (χ0) is 6.53. The molecule has 48 valence electrons. The summed E-state index contributed by atoms with van der Waals surface area (Å²) in [6.07, 6.45) is 1.69. The standard InChI is InChI=1S/C3H4N4OS/c8-7-6-3-5-4-1-2-9-3/h1H,2H2,(H,5,6,8). The normalized spacial score (nSPS) is 21.6. The topological polar surface area (TPSA) is 66.2 Å². The highest BCUT2D eigenvalue weighted by Gasteiger charge is 2.00. The molecule has 1 N–H and O–H groups in total. The highest BCUT2D eigenvalue weighted by molar-refractivity contribution is 8.14. The fraction of sp³-hybridized carbons (Fsp3) is 0.333. The maximum absolute atomic E-state index is 9.53. The highest BCUT2D eigenvalue weighted by atomic mass is 32.2. The van der Waals surface area contributed by atoms with Crippen LogP contribution in [-0.2, 0) is 0 Å². The van der Waals surface area contributed by atoms with Crippen LogP contribution in [0.5, 0.6) is 0 Å². The number of amidine groups is 1. The summed E-state index contributed by atoms with van der Waals surface area (Å²) in [5.74, 6) is 0.737. The predicted molar refractivity (Wildman–Crippen MR) is 37.3 cm³/mol. The number of nitrogens with one attached hydrogen (secondary N) is 1. The summed E-state index contributed by atoms with van der Waals surface area (Å²) in [5.41, 5.74) is 2.51. The molecule has 0 amide bonds. The molecule has 0 bridgehead atoms. The van der Waals surface area contributed by atoms with Crippen molar-refractivity contribution in [1.82, 2.24) is 5.43 Å². The lowest BCUT2D eigenvalue weighted by Gasteiger charge is -2.03. The summed E-state index contributed by atoms with van der Waals surface area (Å²) in [4.78, 5) is 9.53. The van der Waals surface area contributed by atoms with Crippen molar-refractivity contribution in [2.75, 3.05) is 5.75 Å². The number of hydrazone groups is 1. The first-order chi connectivity index (χ1) is 4.43. The molecule has 0 saturated carbocycles. The first kappa shape index (κ1) is 6.21. The molecule has 0 aromatic rings. The molecular formula is C3H4N4OS. The summed E-state index contributed by atoms with van der Waals surface area (Å²) < 4.78 is 0. The number of hydrogen-bond acceptors (Lipinski definition) is 4. The van der Waals surface area contributed by atoms with Gasteiger partial charge in [-0.15, -0.1) is 4.91 Å². The van der Waals surface area contributed by atoms with Gasteiger partial charge in [-0.3, -0.25) is 5.43 Å². The number of nitroso groups, excluding NO2 is 1. The highest BCUT2D eigenvalue weighted by Crippen LogP contribution is 2.02. The fourth-order valence-electron chi connectivity index (χ4n) is 0.375. The molecule has 0 spiro atoms. The molecule has 1 aliphatic heterocycles. The van der Waals surface area contributed by atoms with Crippen molar-refractivity contribution in [3.63, 3.8) is 0 Å². The van der Waals surface area contributed by atoms with Gasteiger partial charge in [-0.25, -0.2) is 0 Å². The average molecular weight is 144 g/mol. The molecule has 1 aliphatic rings. The van der Waals surface area contributed by atoms with E-state index in [2.05, 4.69) is 20.9 Å². The van der Waals surface area contributed by atoms with Gasteiger partial charge in [-0.2, -0.15) is 5.10 Å². The van der Waals surface area contributed by atoms with Crippen LogP contribution in [0.25, 0.3) is 0 Å². The van der Waals surface area contributed by atoms with E-state index in [0.29, 0.717) is 5.17 Å². The number of hydrogen-bond donors (Lipinski definition) is 1. The van der Waals surface area contributed by atoms with Crippen molar-refractivity contribution < 1.29 is 0 Å². The monoisotopic (exact) mass is 144 g/mol. The molecule has 9 heavy (non-hydrogen) atoms. The van der Waals surface area contributed by atoms with E-state index in [9.17, 15) is 4.91 Å². The Morgan fingerprint density at radius 2 is 2.78 bits per heavy atom. The van der Waals surface area contributed by atoms with Crippen molar-refractivity contribution >= 4 is 23.1 Å². The third kappa shape index (κ3) is 1.80. The van der Waals surface area contributed by atoms with E-state index in [1.807, 2.05) is 0 Å². The maximum atomic E-state index is 9.53. The average Bonchev–Trinajstić information content (AvgIpc) is 1.91. The minimum absolute atomic E-state index is 0.451. The van der Waals surface area contributed by atoms with Crippen LogP contribution in [0.15, 0.2) is 15.5 Å². The van der Waals surface area contributed by atoms with E-state index < -0.39 is 0 Å². The summed E-state index contributed by atoms with van der Waals surface area (Å²) in [7, 11) is 0. The van der Waals surface area contributed by atoms with Crippen molar-refractivity contribution in [3.8, 4) is 0 Å². The van der Waals surface area contributed by atoms with Crippen LogP contribution in [0.4, 0.5) is 0 Å². The van der Waals surface area contributed by atoms with E-state index in [1.165, 1.54) is 11.8 Å². The third-order valence-electron chi connectivity index (χ3n) is 0.678. The second-order valence-corrected chi connectivity index (χ2v) is 2.23. The van der Waals surface area contributed by atoms with Gasteiger partial charge in [-0.1, -0.05) is 16.9 Å². The molecule has 1 heterocycles. The number of thioether (sulfide) groups is 1. The van der Waals surface area contributed by atoms with E-state index in [-0.39, 0.29) is 0 Å². The van der Waals surface area contributed by atoms with E-state index >= 15 is 0 Å². The Labute approximate surface area is 55.6 Å². The lowest BCUT2D eigenvalue weighted by Crippen LogP contribution is -2.18. The van der Waals surface area contributed by atoms with Gasteiger partial charge in [0.25, 0.3) is 0 Å². The lowest BCUT2D eigenvalue weighted by atomic mass is 10.9. The number of rotatable bonds is 1. The van der Waals surface area contributed by atoms with E-state index in [4.69, 9.17) is 0 Å². The molecular weight excluding hydrogens is 140 g/mol. The SMILES string of the molecule is O=NN=C1NN=CCS1. The Kier molecular flexibility index (Phi) is 2.20. The molecule has 0 saturated heterocycles. The van der Waals surface area contributed by atoms with Crippen LogP contribution in [0.2, 0.25) is 0 Å². The van der Waals surface area contributed by atoms with Gasteiger partial charge >= 0.3 is 0 Å². The smallest absolute Gasteiger partial charge is 0.207 e. The maximum Gasteiger partial charge on any atom is 0.207 e. The fourth-order valence-corrected chi connectivity index (χ4v) is 0.890. The van der Waals surface area contributed by atoms with Crippen molar-refractivity contribution in [1.29, 1.82) is 0 Å². The molecule has 5 nitrogen and oxygen atoms in total. The Bertz CT molecular complexity index is 165. The molecule has 0 fully saturated rings. The Morgan fingerprint density at radius 1 is 1.89 bits per heavy atom. The first-order valence-corrected chi connectivity index (χ1v) is 3.22. The van der Waals surface area contributed by atoms with Crippen LogP contribution in [-0.4, -0.2) is 17.1 Å². The van der Waals surface area contributed by atoms with Crippen LogP contribution in [0.3, 0.4) is 0 Å². The summed E-state index contributed by atoms with van der Waals surface area (Å²) >= 11 is 1.38. The van der Waals surface area contributed by atoms with Crippen molar-refractivity contribution in [3.05, 3.63) is 4.91 Å². The van der Waals surface area contributed by atoms with Gasteiger partial charge in [0, 0.05) is 12.0 Å². The number of nitrogens with zero attached hydrogens (tertiary/aromatic N) is 3. The van der Waals surface area contributed by atoms with Gasteiger partial charge in [0.2, 0.25) is 5.17 Å². The van der Waals surface area contributed by atoms with Crippen molar-refractivity contribution in [2.24, 2.45) is 15.5 Å². The van der Waals surface area contributed by atoms with Gasteiger partial charge in [0.05, 0.1) is 5.29 Å². The van der Waals surface area contributed by atoms with Gasteiger partial charge in [0.15, 0.2) is 0 Å².